The summed E-state index contributed by atoms with van der Waals surface area (Å²) in [5.41, 5.74) is 0.441. The zero-order chi connectivity index (χ0) is 20.6. The number of hydrogen-bond donors (Lipinski definition) is 1. The second kappa shape index (κ2) is 7.92. The van der Waals surface area contributed by atoms with Crippen molar-refractivity contribution in [3.63, 3.8) is 0 Å². The number of nitrogens with one attached hydrogen (secondary N) is 1. The number of sulfonamides is 1. The lowest BCUT2D eigenvalue weighted by Crippen LogP contribution is -2.48. The van der Waals surface area contributed by atoms with Crippen molar-refractivity contribution in [1.29, 1.82) is 0 Å². The van der Waals surface area contributed by atoms with Gasteiger partial charge in [-0.3, -0.25) is 9.59 Å². The molecule has 3 saturated heterocycles. The van der Waals surface area contributed by atoms with Crippen molar-refractivity contribution in [3.05, 3.63) is 24.3 Å². The second-order valence-corrected chi connectivity index (χ2v) is 11.5. The zero-order valence-electron chi connectivity index (χ0n) is 16.6. The van der Waals surface area contributed by atoms with Crippen LogP contribution in [0.3, 0.4) is 0 Å². The molecule has 9 heteroatoms. The SMILES string of the molecule is C[C@@]12CCC(=O)N1[C@@H](C(=O)Nc1cccc(S(=O)(=O)N3CCCCCC3)c1)CS2. The van der Waals surface area contributed by atoms with Gasteiger partial charge in [0.25, 0.3) is 0 Å². The lowest BCUT2D eigenvalue weighted by Gasteiger charge is -2.29. The van der Waals surface area contributed by atoms with Gasteiger partial charge in [0.05, 0.1) is 9.77 Å². The first-order chi connectivity index (χ1) is 13.8. The predicted octanol–water partition coefficient (Wildman–Crippen LogP) is 2.64. The van der Waals surface area contributed by atoms with E-state index in [1.54, 1.807) is 39.2 Å². The molecule has 3 fully saturated rings. The largest absolute Gasteiger partial charge is 0.324 e. The molecule has 0 bridgehead atoms. The Bertz CT molecular complexity index is 912. The van der Waals surface area contributed by atoms with E-state index in [0.717, 1.165) is 32.1 Å². The van der Waals surface area contributed by atoms with Crippen molar-refractivity contribution in [2.24, 2.45) is 0 Å². The third-order valence-electron chi connectivity index (χ3n) is 6.05. The summed E-state index contributed by atoms with van der Waals surface area (Å²) in [4.78, 5) is 26.7. The third-order valence-corrected chi connectivity index (χ3v) is 9.45. The maximum absolute atomic E-state index is 13.0. The van der Waals surface area contributed by atoms with Crippen molar-refractivity contribution >= 4 is 39.3 Å². The highest BCUT2D eigenvalue weighted by molar-refractivity contribution is 8.01. The number of rotatable bonds is 4. The topological polar surface area (TPSA) is 86.8 Å². The lowest BCUT2D eigenvalue weighted by atomic mass is 10.2. The summed E-state index contributed by atoms with van der Waals surface area (Å²) >= 11 is 1.64. The fourth-order valence-corrected chi connectivity index (χ4v) is 7.40. The van der Waals surface area contributed by atoms with Crippen LogP contribution >= 0.6 is 11.8 Å². The Kier molecular flexibility index (Phi) is 5.65. The highest BCUT2D eigenvalue weighted by Crippen LogP contribution is 2.47. The number of hydrogen-bond acceptors (Lipinski definition) is 5. The number of thioether (sulfide) groups is 1. The van der Waals surface area contributed by atoms with Crippen molar-refractivity contribution in [2.45, 2.75) is 61.3 Å². The molecular weight excluding hydrogens is 410 g/mol. The standard InChI is InChI=1S/C20H27N3O4S2/c1-20-10-9-18(24)23(20)17(14-28-20)19(25)21-15-7-6-8-16(13-15)29(26,27)22-11-4-2-3-5-12-22/h6-8,13,17H,2-5,9-12,14H2,1H3,(H,21,25)/t17-,20-/m1/s1. The second-order valence-electron chi connectivity index (χ2n) is 8.10. The molecule has 3 aliphatic rings. The molecule has 2 atom stereocenters. The van der Waals surface area contributed by atoms with E-state index in [-0.39, 0.29) is 21.6 Å². The van der Waals surface area contributed by atoms with Gasteiger partial charge in [-0.1, -0.05) is 18.9 Å². The summed E-state index contributed by atoms with van der Waals surface area (Å²) in [5.74, 6) is 0.302. The van der Waals surface area contributed by atoms with E-state index in [0.29, 0.717) is 31.0 Å². The van der Waals surface area contributed by atoms with Gasteiger partial charge in [0.15, 0.2) is 0 Å². The van der Waals surface area contributed by atoms with Crippen LogP contribution in [0, 0.1) is 0 Å². The Labute approximate surface area is 176 Å². The molecule has 158 valence electrons. The summed E-state index contributed by atoms with van der Waals surface area (Å²) in [6.07, 6.45) is 5.07. The summed E-state index contributed by atoms with van der Waals surface area (Å²) in [6, 6.07) is 5.90. The molecule has 3 aliphatic heterocycles. The number of amides is 2. The number of carbonyl (C=O) groups excluding carboxylic acids is 2. The molecule has 0 aliphatic carbocycles. The van der Waals surface area contributed by atoms with Crippen LogP contribution in [0.5, 0.6) is 0 Å². The normalized spacial score (nSPS) is 28.2. The van der Waals surface area contributed by atoms with E-state index < -0.39 is 16.1 Å². The summed E-state index contributed by atoms with van der Waals surface area (Å²) in [5, 5.41) is 2.83. The van der Waals surface area contributed by atoms with Crippen molar-refractivity contribution in [1.82, 2.24) is 9.21 Å². The molecule has 29 heavy (non-hydrogen) atoms. The van der Waals surface area contributed by atoms with Gasteiger partial charge in [0.1, 0.15) is 6.04 Å². The monoisotopic (exact) mass is 437 g/mol. The maximum Gasteiger partial charge on any atom is 0.248 e. The third kappa shape index (κ3) is 3.92. The predicted molar refractivity (Wildman–Crippen MR) is 113 cm³/mol. The van der Waals surface area contributed by atoms with Crippen LogP contribution < -0.4 is 5.32 Å². The minimum atomic E-state index is -3.58. The molecule has 3 heterocycles. The van der Waals surface area contributed by atoms with Crippen molar-refractivity contribution < 1.29 is 18.0 Å². The summed E-state index contributed by atoms with van der Waals surface area (Å²) in [6.45, 7) is 3.08. The molecule has 7 nitrogen and oxygen atoms in total. The van der Waals surface area contributed by atoms with Gasteiger partial charge in [0.2, 0.25) is 21.8 Å². The van der Waals surface area contributed by atoms with E-state index in [9.17, 15) is 18.0 Å². The molecule has 0 saturated carbocycles. The molecule has 0 spiro atoms. The Morgan fingerprint density at radius 2 is 1.93 bits per heavy atom. The van der Waals surface area contributed by atoms with Crippen LogP contribution in [0.15, 0.2) is 29.2 Å². The van der Waals surface area contributed by atoms with Crippen LogP contribution in [0.2, 0.25) is 0 Å². The van der Waals surface area contributed by atoms with Crippen LogP contribution in [0.1, 0.15) is 45.4 Å². The number of nitrogens with zero attached hydrogens (tertiary/aromatic N) is 2. The lowest BCUT2D eigenvalue weighted by molar-refractivity contribution is -0.135. The van der Waals surface area contributed by atoms with Gasteiger partial charge in [0, 0.05) is 31.0 Å². The molecule has 1 aromatic rings. The van der Waals surface area contributed by atoms with E-state index >= 15 is 0 Å². The average Bonchev–Trinajstić information content (AvgIpc) is 3.03. The van der Waals surface area contributed by atoms with E-state index in [1.807, 2.05) is 6.92 Å². The van der Waals surface area contributed by atoms with Gasteiger partial charge >= 0.3 is 0 Å². The molecule has 0 unspecified atom stereocenters. The molecular formula is C20H27N3O4S2. The average molecular weight is 438 g/mol. The fraction of sp³-hybridized carbons (Fsp3) is 0.600. The number of benzene rings is 1. The Morgan fingerprint density at radius 3 is 2.66 bits per heavy atom. The zero-order valence-corrected chi connectivity index (χ0v) is 18.2. The Balaban J connectivity index is 1.50. The van der Waals surface area contributed by atoms with Crippen LogP contribution in [0.4, 0.5) is 5.69 Å². The van der Waals surface area contributed by atoms with E-state index in [4.69, 9.17) is 0 Å². The van der Waals surface area contributed by atoms with Crippen molar-refractivity contribution in [2.75, 3.05) is 24.2 Å². The highest BCUT2D eigenvalue weighted by atomic mass is 32.2. The molecule has 1 aromatic carbocycles. The summed E-state index contributed by atoms with van der Waals surface area (Å²) < 4.78 is 27.6. The van der Waals surface area contributed by atoms with Gasteiger partial charge in [-0.05, 0) is 44.4 Å². The van der Waals surface area contributed by atoms with E-state index in [2.05, 4.69) is 5.32 Å². The quantitative estimate of drug-likeness (QED) is 0.783. The summed E-state index contributed by atoms with van der Waals surface area (Å²) in [7, 11) is -3.58. The first kappa shape index (κ1) is 20.7. The fourth-order valence-electron chi connectivity index (χ4n) is 4.41. The van der Waals surface area contributed by atoms with Gasteiger partial charge in [-0.2, -0.15) is 4.31 Å². The maximum atomic E-state index is 13.0. The van der Waals surface area contributed by atoms with Crippen LogP contribution in [-0.2, 0) is 19.6 Å². The van der Waals surface area contributed by atoms with Gasteiger partial charge < -0.3 is 10.2 Å². The first-order valence-corrected chi connectivity index (χ1v) is 12.6. The van der Waals surface area contributed by atoms with E-state index in [1.165, 1.54) is 6.07 Å². The molecule has 1 N–H and O–H groups in total. The molecule has 0 aromatic heterocycles. The van der Waals surface area contributed by atoms with Crippen molar-refractivity contribution in [3.8, 4) is 0 Å². The number of carbonyl (C=O) groups is 2. The van der Waals surface area contributed by atoms with Crippen LogP contribution in [-0.4, -0.2) is 59.2 Å². The molecule has 2 amide bonds. The van der Waals surface area contributed by atoms with Crippen LogP contribution in [0.25, 0.3) is 0 Å². The highest BCUT2D eigenvalue weighted by Gasteiger charge is 2.52. The first-order valence-electron chi connectivity index (χ1n) is 10.2. The van der Waals surface area contributed by atoms with Gasteiger partial charge in [-0.25, -0.2) is 8.42 Å². The minimum absolute atomic E-state index is 0.00939. The molecule has 4 rings (SSSR count). The Morgan fingerprint density at radius 1 is 1.21 bits per heavy atom. The molecule has 0 radical (unpaired) electrons. The number of anilines is 1. The number of fused-ring (bicyclic) bond motifs is 1. The smallest absolute Gasteiger partial charge is 0.248 e. The Hall–Kier alpha value is -1.58. The van der Waals surface area contributed by atoms with Gasteiger partial charge in [-0.15, -0.1) is 11.8 Å². The minimum Gasteiger partial charge on any atom is -0.324 e.